The predicted molar refractivity (Wildman–Crippen MR) is 42.1 cm³/mol. The predicted octanol–water partition coefficient (Wildman–Crippen LogP) is 1.99. The van der Waals surface area contributed by atoms with Crippen molar-refractivity contribution in [2.75, 3.05) is 0 Å². The van der Waals surface area contributed by atoms with Crippen molar-refractivity contribution >= 4 is 11.6 Å². The molecule has 0 aliphatic rings. The molecule has 1 rings (SSSR count). The molecule has 0 aliphatic carbocycles. The van der Waals surface area contributed by atoms with Crippen LogP contribution in [0.15, 0.2) is 16.7 Å². The quantitative estimate of drug-likeness (QED) is 0.689. The molecule has 1 heterocycles. The molecule has 3 heteroatoms. The van der Waals surface area contributed by atoms with Crippen LogP contribution in [-0.2, 0) is 0 Å². The summed E-state index contributed by atoms with van der Waals surface area (Å²) < 4.78 is 4.77. The molecule has 1 aromatic rings. The molecule has 0 aromatic carbocycles. The zero-order chi connectivity index (χ0) is 8.27. The molecule has 0 spiro atoms. The van der Waals surface area contributed by atoms with Crippen LogP contribution in [0.4, 0.5) is 0 Å². The van der Waals surface area contributed by atoms with Crippen molar-refractivity contribution in [3.63, 3.8) is 0 Å². The fourth-order valence-corrected chi connectivity index (χ4v) is 1.00. The van der Waals surface area contributed by atoms with Crippen molar-refractivity contribution in [1.29, 1.82) is 0 Å². The van der Waals surface area contributed by atoms with Gasteiger partial charge in [-0.2, -0.15) is 0 Å². The van der Waals surface area contributed by atoms with Gasteiger partial charge >= 0.3 is 0 Å². The Hall–Kier alpha value is -0.910. The van der Waals surface area contributed by atoms with Crippen LogP contribution in [0.25, 0.3) is 0 Å². The zero-order valence-corrected chi connectivity index (χ0v) is 6.51. The van der Waals surface area contributed by atoms with Crippen molar-refractivity contribution in [1.82, 2.24) is 0 Å². The van der Waals surface area contributed by atoms with Gasteiger partial charge in [0, 0.05) is 12.0 Å². The van der Waals surface area contributed by atoms with Crippen LogP contribution < -0.4 is 0 Å². The van der Waals surface area contributed by atoms with Gasteiger partial charge in [-0.3, -0.25) is 0 Å². The minimum absolute atomic E-state index is 0.202. The lowest BCUT2D eigenvalue weighted by molar-refractivity contribution is 0.183. The molecule has 58 valence electrons. The summed E-state index contributed by atoms with van der Waals surface area (Å²) in [4.78, 5) is 0. The molecular formula is C8H7ClO2. The maximum Gasteiger partial charge on any atom is 0.198 e. The standard InChI is InChI=1S/C8H7ClO2/c1-2-3-7(10)6-4-5-11-8(6)9/h1,4-5,7,10H,3H2. The maximum atomic E-state index is 9.30. The molecule has 1 atom stereocenters. The van der Waals surface area contributed by atoms with E-state index in [1.807, 2.05) is 0 Å². The van der Waals surface area contributed by atoms with Crippen LogP contribution in [0.5, 0.6) is 0 Å². The normalized spacial score (nSPS) is 12.5. The number of hydrogen-bond acceptors (Lipinski definition) is 2. The van der Waals surface area contributed by atoms with E-state index in [1.54, 1.807) is 6.07 Å². The highest BCUT2D eigenvalue weighted by Gasteiger charge is 2.11. The maximum absolute atomic E-state index is 9.30. The topological polar surface area (TPSA) is 33.4 Å². The summed E-state index contributed by atoms with van der Waals surface area (Å²) >= 11 is 5.58. The number of furan rings is 1. The van der Waals surface area contributed by atoms with E-state index in [4.69, 9.17) is 22.4 Å². The zero-order valence-electron chi connectivity index (χ0n) is 5.75. The van der Waals surface area contributed by atoms with Gasteiger partial charge in [-0.15, -0.1) is 12.3 Å². The van der Waals surface area contributed by atoms with E-state index in [9.17, 15) is 5.11 Å². The van der Waals surface area contributed by atoms with Crippen LogP contribution in [0.2, 0.25) is 5.22 Å². The summed E-state index contributed by atoms with van der Waals surface area (Å²) in [5, 5.41) is 9.50. The van der Waals surface area contributed by atoms with E-state index in [1.165, 1.54) is 6.26 Å². The molecule has 11 heavy (non-hydrogen) atoms. The molecule has 2 nitrogen and oxygen atoms in total. The third kappa shape index (κ3) is 1.76. The third-order valence-corrected chi connectivity index (χ3v) is 1.62. The van der Waals surface area contributed by atoms with Crippen molar-refractivity contribution in [2.45, 2.75) is 12.5 Å². The summed E-state index contributed by atoms with van der Waals surface area (Å²) in [5.41, 5.74) is 0.546. The summed E-state index contributed by atoms with van der Waals surface area (Å²) in [6.45, 7) is 0. The summed E-state index contributed by atoms with van der Waals surface area (Å²) in [5.74, 6) is 2.33. The molecule has 1 N–H and O–H groups in total. The summed E-state index contributed by atoms with van der Waals surface area (Å²) in [6.07, 6.45) is 5.95. The first-order valence-electron chi connectivity index (χ1n) is 3.10. The Kier molecular flexibility index (Phi) is 2.58. The molecule has 0 aliphatic heterocycles. The SMILES string of the molecule is C#CCC(O)c1ccoc1Cl. The highest BCUT2D eigenvalue weighted by Crippen LogP contribution is 2.25. The molecule has 0 saturated carbocycles. The van der Waals surface area contributed by atoms with Crippen molar-refractivity contribution in [2.24, 2.45) is 0 Å². The lowest BCUT2D eigenvalue weighted by Gasteiger charge is -2.02. The highest BCUT2D eigenvalue weighted by atomic mass is 35.5. The number of terminal acetylenes is 1. The number of halogens is 1. The van der Waals surface area contributed by atoms with Gasteiger partial charge in [-0.25, -0.2) is 0 Å². The molecule has 0 fully saturated rings. The lowest BCUT2D eigenvalue weighted by atomic mass is 10.1. The van der Waals surface area contributed by atoms with Crippen LogP contribution in [0.3, 0.4) is 0 Å². The van der Waals surface area contributed by atoms with E-state index < -0.39 is 6.10 Å². The summed E-state index contributed by atoms with van der Waals surface area (Å²) in [6, 6.07) is 1.60. The van der Waals surface area contributed by atoms with Crippen molar-refractivity contribution in [3.8, 4) is 12.3 Å². The van der Waals surface area contributed by atoms with Gasteiger partial charge in [0.2, 0.25) is 0 Å². The number of hydrogen-bond donors (Lipinski definition) is 1. The van der Waals surface area contributed by atoms with E-state index in [2.05, 4.69) is 5.92 Å². The largest absolute Gasteiger partial charge is 0.453 e. The van der Waals surface area contributed by atoms with E-state index in [-0.39, 0.29) is 11.6 Å². The van der Waals surface area contributed by atoms with Crippen LogP contribution in [0.1, 0.15) is 18.1 Å². The number of rotatable bonds is 2. The fraction of sp³-hybridized carbons (Fsp3) is 0.250. The van der Waals surface area contributed by atoms with Crippen LogP contribution in [0, 0.1) is 12.3 Å². The van der Waals surface area contributed by atoms with E-state index in [0.29, 0.717) is 5.56 Å². The van der Waals surface area contributed by atoms with Gasteiger partial charge in [0.15, 0.2) is 5.22 Å². The van der Waals surface area contributed by atoms with Crippen molar-refractivity contribution in [3.05, 3.63) is 23.1 Å². The van der Waals surface area contributed by atoms with Crippen LogP contribution >= 0.6 is 11.6 Å². The Labute approximate surface area is 69.8 Å². The highest BCUT2D eigenvalue weighted by molar-refractivity contribution is 6.29. The first-order valence-corrected chi connectivity index (χ1v) is 3.48. The molecule has 0 radical (unpaired) electrons. The smallest absolute Gasteiger partial charge is 0.198 e. The average Bonchev–Trinajstić information content (AvgIpc) is 2.36. The minimum Gasteiger partial charge on any atom is -0.453 e. The third-order valence-electron chi connectivity index (χ3n) is 1.32. The molecular weight excluding hydrogens is 164 g/mol. The average molecular weight is 171 g/mol. The second kappa shape index (κ2) is 3.47. The Bertz CT molecular complexity index is 272. The number of aliphatic hydroxyl groups excluding tert-OH is 1. The lowest BCUT2D eigenvalue weighted by Crippen LogP contribution is -1.93. The Morgan fingerprint density at radius 2 is 2.55 bits per heavy atom. The van der Waals surface area contributed by atoms with Gasteiger partial charge < -0.3 is 9.52 Å². The second-order valence-electron chi connectivity index (χ2n) is 2.07. The van der Waals surface area contributed by atoms with Gasteiger partial charge in [-0.05, 0) is 17.7 Å². The van der Waals surface area contributed by atoms with Crippen molar-refractivity contribution < 1.29 is 9.52 Å². The fourth-order valence-electron chi connectivity index (χ4n) is 0.764. The summed E-state index contributed by atoms with van der Waals surface area (Å²) in [7, 11) is 0. The van der Waals surface area contributed by atoms with Gasteiger partial charge in [0.25, 0.3) is 0 Å². The first kappa shape index (κ1) is 8.19. The van der Waals surface area contributed by atoms with E-state index >= 15 is 0 Å². The Balaban J connectivity index is 2.77. The molecule has 0 bridgehead atoms. The number of aliphatic hydroxyl groups is 1. The van der Waals surface area contributed by atoms with E-state index in [0.717, 1.165) is 0 Å². The molecule has 0 amide bonds. The second-order valence-corrected chi connectivity index (χ2v) is 2.42. The minimum atomic E-state index is -0.716. The van der Waals surface area contributed by atoms with Gasteiger partial charge in [0.05, 0.1) is 12.4 Å². The molecule has 1 aromatic heterocycles. The van der Waals surface area contributed by atoms with Gasteiger partial charge in [0.1, 0.15) is 0 Å². The van der Waals surface area contributed by atoms with Gasteiger partial charge in [-0.1, -0.05) is 0 Å². The Morgan fingerprint density at radius 1 is 1.82 bits per heavy atom. The first-order chi connectivity index (χ1) is 5.25. The molecule has 0 saturated heterocycles. The molecule has 1 unspecified atom stereocenters. The van der Waals surface area contributed by atoms with Crippen LogP contribution in [-0.4, -0.2) is 5.11 Å². The monoisotopic (exact) mass is 170 g/mol. The Morgan fingerprint density at radius 3 is 3.00 bits per heavy atom.